The van der Waals surface area contributed by atoms with Crippen molar-refractivity contribution < 1.29 is 0 Å². The molecule has 1 nitrogen and oxygen atoms in total. The lowest BCUT2D eigenvalue weighted by Gasteiger charge is -2.28. The average Bonchev–Trinajstić information content (AvgIpc) is 2.53. The second kappa shape index (κ2) is 9.00. The summed E-state index contributed by atoms with van der Waals surface area (Å²) in [6.07, 6.45) is 20.9. The van der Waals surface area contributed by atoms with Crippen LogP contribution in [0.1, 0.15) is 89.9 Å². The molecule has 0 aromatic heterocycles. The Hall–Kier alpha value is -0.0400. The molecule has 2 aliphatic rings. The fourth-order valence-corrected chi connectivity index (χ4v) is 4.40. The van der Waals surface area contributed by atoms with Gasteiger partial charge in [0, 0.05) is 6.04 Å². The SMILES string of the molecule is CNC1CCCCC2CCCCCCCCC2CC1. The molecule has 0 spiro atoms. The first-order chi connectivity index (χ1) is 9.40. The summed E-state index contributed by atoms with van der Waals surface area (Å²) in [5.41, 5.74) is 0. The highest BCUT2D eigenvalue weighted by atomic mass is 14.9. The van der Waals surface area contributed by atoms with Crippen LogP contribution in [0, 0.1) is 11.8 Å². The molecule has 2 saturated carbocycles. The first kappa shape index (κ1) is 15.4. The van der Waals surface area contributed by atoms with Gasteiger partial charge in [-0.15, -0.1) is 0 Å². The monoisotopic (exact) mass is 265 g/mol. The molecule has 0 aromatic carbocycles. The second-order valence-electron chi connectivity index (χ2n) is 7.07. The van der Waals surface area contributed by atoms with E-state index in [1.54, 1.807) is 0 Å². The third-order valence-corrected chi connectivity index (χ3v) is 5.74. The van der Waals surface area contributed by atoms with Gasteiger partial charge in [0.05, 0.1) is 0 Å². The van der Waals surface area contributed by atoms with Crippen LogP contribution in [0.25, 0.3) is 0 Å². The number of rotatable bonds is 1. The maximum atomic E-state index is 3.55. The van der Waals surface area contributed by atoms with Crippen LogP contribution in [0.3, 0.4) is 0 Å². The van der Waals surface area contributed by atoms with Crippen molar-refractivity contribution >= 4 is 0 Å². The van der Waals surface area contributed by atoms with Gasteiger partial charge in [0.15, 0.2) is 0 Å². The highest BCUT2D eigenvalue weighted by molar-refractivity contribution is 4.77. The first-order valence-corrected chi connectivity index (χ1v) is 9.07. The van der Waals surface area contributed by atoms with Gasteiger partial charge < -0.3 is 5.32 Å². The third kappa shape index (κ3) is 5.45. The van der Waals surface area contributed by atoms with E-state index in [0.29, 0.717) is 0 Å². The smallest absolute Gasteiger partial charge is 0.00641 e. The van der Waals surface area contributed by atoms with Crippen LogP contribution in [0.2, 0.25) is 0 Å². The van der Waals surface area contributed by atoms with Crippen molar-refractivity contribution in [1.29, 1.82) is 0 Å². The van der Waals surface area contributed by atoms with Crippen molar-refractivity contribution in [3.8, 4) is 0 Å². The molecule has 1 heteroatoms. The van der Waals surface area contributed by atoms with Crippen molar-refractivity contribution in [2.75, 3.05) is 7.05 Å². The Morgan fingerprint density at radius 3 is 1.63 bits per heavy atom. The van der Waals surface area contributed by atoms with Crippen molar-refractivity contribution in [3.63, 3.8) is 0 Å². The van der Waals surface area contributed by atoms with Gasteiger partial charge in [-0.3, -0.25) is 0 Å². The predicted octanol–water partition coefficient (Wildman–Crippen LogP) is 5.30. The van der Waals surface area contributed by atoms with E-state index in [-0.39, 0.29) is 0 Å². The van der Waals surface area contributed by atoms with E-state index in [0.717, 1.165) is 17.9 Å². The average molecular weight is 265 g/mol. The summed E-state index contributed by atoms with van der Waals surface area (Å²) in [4.78, 5) is 0. The minimum absolute atomic E-state index is 0.800. The fraction of sp³-hybridized carbons (Fsp3) is 1.00. The molecule has 0 bridgehead atoms. The molecule has 3 atom stereocenters. The lowest BCUT2D eigenvalue weighted by Crippen LogP contribution is -2.26. The molecule has 2 aliphatic carbocycles. The topological polar surface area (TPSA) is 12.0 Å². The van der Waals surface area contributed by atoms with Gasteiger partial charge >= 0.3 is 0 Å². The normalized spacial score (nSPS) is 35.5. The maximum absolute atomic E-state index is 3.55. The lowest BCUT2D eigenvalue weighted by atomic mass is 9.78. The van der Waals surface area contributed by atoms with E-state index < -0.39 is 0 Å². The molecule has 2 fully saturated rings. The predicted molar refractivity (Wildman–Crippen MR) is 84.5 cm³/mol. The standard InChI is InChI=1S/C18H35N/c1-19-18-13-9-8-12-16-10-6-4-2-3-5-7-11-17(16)14-15-18/h16-19H,2-15H2,1H3. The number of nitrogens with one attached hydrogen (secondary N) is 1. The molecule has 19 heavy (non-hydrogen) atoms. The van der Waals surface area contributed by atoms with Crippen LogP contribution in [0.15, 0.2) is 0 Å². The van der Waals surface area contributed by atoms with E-state index in [9.17, 15) is 0 Å². The number of hydrogen-bond acceptors (Lipinski definition) is 1. The van der Waals surface area contributed by atoms with Crippen LogP contribution in [-0.4, -0.2) is 13.1 Å². The van der Waals surface area contributed by atoms with Gasteiger partial charge in [0.1, 0.15) is 0 Å². The Labute approximate surface area is 120 Å². The molecule has 3 unspecified atom stereocenters. The van der Waals surface area contributed by atoms with E-state index in [1.165, 1.54) is 89.9 Å². The third-order valence-electron chi connectivity index (χ3n) is 5.74. The zero-order valence-electron chi connectivity index (χ0n) is 13.1. The summed E-state index contributed by atoms with van der Waals surface area (Å²) >= 11 is 0. The summed E-state index contributed by atoms with van der Waals surface area (Å²) in [6.45, 7) is 0. The van der Waals surface area contributed by atoms with Gasteiger partial charge in [-0.25, -0.2) is 0 Å². The Morgan fingerprint density at radius 1 is 0.526 bits per heavy atom. The molecule has 0 amide bonds. The number of fused-ring (bicyclic) bond motifs is 1. The fourth-order valence-electron chi connectivity index (χ4n) is 4.40. The lowest BCUT2D eigenvalue weighted by molar-refractivity contribution is 0.236. The largest absolute Gasteiger partial charge is 0.317 e. The molecule has 0 aliphatic heterocycles. The Balaban J connectivity index is 1.92. The minimum Gasteiger partial charge on any atom is -0.317 e. The Morgan fingerprint density at radius 2 is 1.00 bits per heavy atom. The summed E-state index contributed by atoms with van der Waals surface area (Å²) in [5.74, 6) is 2.11. The van der Waals surface area contributed by atoms with E-state index in [1.807, 2.05) is 0 Å². The van der Waals surface area contributed by atoms with Crippen molar-refractivity contribution in [2.45, 2.75) is 95.9 Å². The second-order valence-corrected chi connectivity index (χ2v) is 7.07. The van der Waals surface area contributed by atoms with E-state index in [2.05, 4.69) is 12.4 Å². The Kier molecular flexibility index (Phi) is 7.27. The van der Waals surface area contributed by atoms with Crippen LogP contribution in [0.5, 0.6) is 0 Å². The quantitative estimate of drug-likeness (QED) is 0.679. The Bertz CT molecular complexity index is 226. The molecule has 2 rings (SSSR count). The highest BCUT2D eigenvalue weighted by Crippen LogP contribution is 2.35. The zero-order chi connectivity index (χ0) is 13.3. The molecule has 0 saturated heterocycles. The summed E-state index contributed by atoms with van der Waals surface area (Å²) in [6, 6.07) is 0.800. The van der Waals surface area contributed by atoms with Crippen LogP contribution in [-0.2, 0) is 0 Å². The van der Waals surface area contributed by atoms with Gasteiger partial charge in [-0.05, 0) is 38.1 Å². The highest BCUT2D eigenvalue weighted by Gasteiger charge is 2.24. The van der Waals surface area contributed by atoms with Crippen LogP contribution >= 0.6 is 0 Å². The zero-order valence-corrected chi connectivity index (χ0v) is 13.1. The summed E-state index contributed by atoms with van der Waals surface area (Å²) in [7, 11) is 2.16. The minimum atomic E-state index is 0.800. The molecule has 0 radical (unpaired) electrons. The van der Waals surface area contributed by atoms with Gasteiger partial charge in [-0.2, -0.15) is 0 Å². The molecular weight excluding hydrogens is 230 g/mol. The van der Waals surface area contributed by atoms with Crippen molar-refractivity contribution in [3.05, 3.63) is 0 Å². The van der Waals surface area contributed by atoms with Crippen molar-refractivity contribution in [2.24, 2.45) is 11.8 Å². The maximum Gasteiger partial charge on any atom is 0.00641 e. The van der Waals surface area contributed by atoms with Crippen molar-refractivity contribution in [1.82, 2.24) is 5.32 Å². The number of hydrogen-bond donors (Lipinski definition) is 1. The molecule has 1 N–H and O–H groups in total. The van der Waals surface area contributed by atoms with Gasteiger partial charge in [-0.1, -0.05) is 70.6 Å². The summed E-state index contributed by atoms with van der Waals surface area (Å²) < 4.78 is 0. The molecule has 0 aromatic rings. The van der Waals surface area contributed by atoms with Gasteiger partial charge in [0.25, 0.3) is 0 Å². The van der Waals surface area contributed by atoms with E-state index >= 15 is 0 Å². The molecule has 0 heterocycles. The molecule has 112 valence electrons. The van der Waals surface area contributed by atoms with E-state index in [4.69, 9.17) is 0 Å². The molecular formula is C18H35N. The van der Waals surface area contributed by atoms with Crippen LogP contribution in [0.4, 0.5) is 0 Å². The van der Waals surface area contributed by atoms with Crippen LogP contribution < -0.4 is 5.32 Å². The first-order valence-electron chi connectivity index (χ1n) is 9.07. The van der Waals surface area contributed by atoms with Gasteiger partial charge in [0.2, 0.25) is 0 Å². The summed E-state index contributed by atoms with van der Waals surface area (Å²) in [5, 5.41) is 3.55.